The highest BCUT2D eigenvalue weighted by Gasteiger charge is 2.26. The van der Waals surface area contributed by atoms with E-state index in [0.717, 1.165) is 0 Å². The molecule has 2 N–H and O–H groups in total. The highest BCUT2D eigenvalue weighted by Crippen LogP contribution is 2.33. The average Bonchev–Trinajstić information content (AvgIpc) is 2.97. The molecule has 112 valence electrons. The summed E-state index contributed by atoms with van der Waals surface area (Å²) in [5.41, 5.74) is 4.28. The van der Waals surface area contributed by atoms with Crippen LogP contribution in [-0.2, 0) is 4.74 Å². The Morgan fingerprint density at radius 3 is 2.36 bits per heavy atom. The van der Waals surface area contributed by atoms with Crippen molar-refractivity contribution < 1.29 is 14.6 Å². The lowest BCUT2D eigenvalue weighted by Gasteiger charge is -2.14. The second kappa shape index (κ2) is 5.87. The molecule has 1 aliphatic rings. The van der Waals surface area contributed by atoms with Gasteiger partial charge in [0.15, 0.2) is 0 Å². The van der Waals surface area contributed by atoms with Gasteiger partial charge in [0.25, 0.3) is 0 Å². The molecule has 1 aliphatic heterocycles. The number of nitrogens with zero attached hydrogens (tertiary/aromatic N) is 1. The molecule has 1 atom stereocenters. The van der Waals surface area contributed by atoms with Crippen molar-refractivity contribution in [3.63, 3.8) is 0 Å². The molecule has 0 bridgehead atoms. The summed E-state index contributed by atoms with van der Waals surface area (Å²) in [6.45, 7) is 0. The van der Waals surface area contributed by atoms with Gasteiger partial charge in [0, 0.05) is 5.56 Å². The third kappa shape index (κ3) is 2.73. The number of rotatable bonds is 3. The minimum atomic E-state index is -0.986. The number of benzene rings is 2. The molecule has 1 heterocycles. The Kier molecular flexibility index (Phi) is 3.92. The van der Waals surface area contributed by atoms with Crippen LogP contribution in [0.25, 0.3) is 0 Å². The molecule has 0 aromatic heterocycles. The summed E-state index contributed by atoms with van der Waals surface area (Å²) in [5, 5.41) is 13.9. The van der Waals surface area contributed by atoms with E-state index in [4.69, 9.17) is 33.0 Å². The zero-order valence-electron chi connectivity index (χ0n) is 11.1. The monoisotopic (exact) mass is 336 g/mol. The summed E-state index contributed by atoms with van der Waals surface area (Å²) < 4.78 is 5.72. The van der Waals surface area contributed by atoms with Crippen molar-refractivity contribution in [3.8, 4) is 0 Å². The van der Waals surface area contributed by atoms with Crippen LogP contribution in [0.1, 0.15) is 27.7 Å². The molecule has 0 radical (unpaired) electrons. The minimum Gasteiger partial charge on any atom is -0.478 e. The van der Waals surface area contributed by atoms with Crippen LogP contribution < -0.4 is 5.43 Å². The van der Waals surface area contributed by atoms with Crippen LogP contribution >= 0.6 is 23.2 Å². The van der Waals surface area contributed by atoms with E-state index < -0.39 is 12.2 Å². The van der Waals surface area contributed by atoms with Crippen LogP contribution in [0.5, 0.6) is 0 Å². The number of ether oxygens (including phenoxy) is 1. The van der Waals surface area contributed by atoms with Gasteiger partial charge < -0.3 is 9.84 Å². The molecule has 0 fully saturated rings. The first-order valence-electron chi connectivity index (χ1n) is 6.34. The number of aromatic carboxylic acids is 1. The number of halogens is 2. The minimum absolute atomic E-state index is 0.195. The molecule has 1 unspecified atom stereocenters. The number of carboxylic acids is 1. The fraction of sp³-hybridized carbons (Fsp3) is 0.0667. The van der Waals surface area contributed by atoms with Gasteiger partial charge in [0.1, 0.15) is 0 Å². The van der Waals surface area contributed by atoms with Crippen molar-refractivity contribution >= 4 is 35.1 Å². The Hall–Kier alpha value is -2.24. The summed E-state index contributed by atoms with van der Waals surface area (Å²) in [6.07, 6.45) is -0.588. The summed E-state index contributed by atoms with van der Waals surface area (Å²) in [7, 11) is 0. The highest BCUT2D eigenvalue weighted by atomic mass is 35.5. The molecule has 5 nitrogen and oxygen atoms in total. The van der Waals surface area contributed by atoms with Crippen LogP contribution in [0.3, 0.4) is 0 Å². The van der Waals surface area contributed by atoms with Crippen LogP contribution in [0, 0.1) is 0 Å². The van der Waals surface area contributed by atoms with Crippen LogP contribution in [0.2, 0.25) is 10.0 Å². The highest BCUT2D eigenvalue weighted by molar-refractivity contribution is 6.36. The number of carboxylic acid groups (broad SMARTS) is 1. The number of hydrogen-bond acceptors (Lipinski definition) is 4. The van der Waals surface area contributed by atoms with Crippen molar-refractivity contribution in [1.82, 2.24) is 5.43 Å². The molecular weight excluding hydrogens is 327 g/mol. The van der Waals surface area contributed by atoms with E-state index >= 15 is 0 Å². The largest absolute Gasteiger partial charge is 0.478 e. The maximum atomic E-state index is 10.8. The Morgan fingerprint density at radius 1 is 1.14 bits per heavy atom. The first-order valence-corrected chi connectivity index (χ1v) is 7.09. The topological polar surface area (TPSA) is 70.9 Å². The molecule has 0 saturated heterocycles. The Labute approximate surface area is 136 Å². The Bertz CT molecular complexity index is 740. The van der Waals surface area contributed by atoms with Crippen molar-refractivity contribution in [3.05, 3.63) is 69.2 Å². The van der Waals surface area contributed by atoms with Gasteiger partial charge in [-0.25, -0.2) is 4.79 Å². The molecule has 2 aromatic rings. The molecule has 0 aliphatic carbocycles. The summed E-state index contributed by atoms with van der Waals surface area (Å²) >= 11 is 12.3. The maximum Gasteiger partial charge on any atom is 0.335 e. The summed E-state index contributed by atoms with van der Waals surface area (Å²) in [4.78, 5) is 10.8. The zero-order chi connectivity index (χ0) is 15.7. The van der Waals surface area contributed by atoms with Crippen LogP contribution in [0.4, 0.5) is 0 Å². The third-order valence-electron chi connectivity index (χ3n) is 3.15. The quantitative estimate of drug-likeness (QED) is 0.896. The van der Waals surface area contributed by atoms with Crippen molar-refractivity contribution in [2.45, 2.75) is 6.23 Å². The predicted molar refractivity (Wildman–Crippen MR) is 83.4 cm³/mol. The van der Waals surface area contributed by atoms with E-state index in [9.17, 15) is 4.79 Å². The third-order valence-corrected chi connectivity index (χ3v) is 3.81. The van der Waals surface area contributed by atoms with Crippen molar-refractivity contribution in [2.75, 3.05) is 0 Å². The van der Waals surface area contributed by atoms with E-state index in [2.05, 4.69) is 10.5 Å². The lowest BCUT2D eigenvalue weighted by molar-refractivity contribution is 0.0697. The second-order valence-electron chi connectivity index (χ2n) is 4.56. The first kappa shape index (κ1) is 14.7. The maximum absolute atomic E-state index is 10.8. The van der Waals surface area contributed by atoms with E-state index in [0.29, 0.717) is 27.1 Å². The smallest absolute Gasteiger partial charge is 0.335 e. The van der Waals surface area contributed by atoms with E-state index in [1.807, 2.05) is 0 Å². The number of hydrazone groups is 1. The number of carbonyl (C=O) groups is 1. The van der Waals surface area contributed by atoms with Gasteiger partial charge in [-0.1, -0.05) is 29.3 Å². The van der Waals surface area contributed by atoms with E-state index in [-0.39, 0.29) is 5.56 Å². The van der Waals surface area contributed by atoms with Gasteiger partial charge in [-0.2, -0.15) is 0 Å². The van der Waals surface area contributed by atoms with Crippen molar-refractivity contribution in [2.24, 2.45) is 5.10 Å². The molecule has 0 amide bonds. The Morgan fingerprint density at radius 2 is 1.77 bits per heavy atom. The van der Waals surface area contributed by atoms with Gasteiger partial charge >= 0.3 is 5.97 Å². The molecule has 22 heavy (non-hydrogen) atoms. The normalized spacial score (nSPS) is 16.6. The molecule has 2 aromatic carbocycles. The summed E-state index contributed by atoms with van der Waals surface area (Å²) in [5.74, 6) is -0.641. The van der Waals surface area contributed by atoms with Gasteiger partial charge in [-0.05, 0) is 36.4 Å². The zero-order valence-corrected chi connectivity index (χ0v) is 12.6. The second-order valence-corrected chi connectivity index (χ2v) is 5.38. The lowest BCUT2D eigenvalue weighted by atomic mass is 10.1. The molecule has 0 saturated carbocycles. The van der Waals surface area contributed by atoms with Crippen molar-refractivity contribution in [1.29, 1.82) is 0 Å². The molecular formula is C15H10Cl2N2O3. The van der Waals surface area contributed by atoms with Crippen LogP contribution in [-0.4, -0.2) is 17.0 Å². The summed E-state index contributed by atoms with van der Waals surface area (Å²) in [6, 6.07) is 11.4. The van der Waals surface area contributed by atoms with Gasteiger partial charge in [-0.15, -0.1) is 5.10 Å². The van der Waals surface area contributed by atoms with Gasteiger partial charge in [0.2, 0.25) is 12.1 Å². The van der Waals surface area contributed by atoms with Gasteiger partial charge in [-0.3, -0.25) is 5.43 Å². The SMILES string of the molecule is O=C(O)c1ccc(C2=NNC(c3c(Cl)cccc3Cl)O2)cc1. The van der Waals surface area contributed by atoms with Crippen LogP contribution in [0.15, 0.2) is 47.6 Å². The van der Waals surface area contributed by atoms with E-state index in [1.54, 1.807) is 30.3 Å². The molecule has 7 heteroatoms. The standard InChI is InChI=1S/C15H10Cl2N2O3/c16-10-2-1-3-11(17)12(10)14-19-18-13(22-14)8-4-6-9(7-5-8)15(20)21/h1-7,14,19H,(H,20,21). The fourth-order valence-corrected chi connectivity index (χ4v) is 2.65. The molecule has 0 spiro atoms. The predicted octanol–water partition coefficient (Wildman–Crippen LogP) is 3.67. The van der Waals surface area contributed by atoms with Gasteiger partial charge in [0.05, 0.1) is 21.2 Å². The fourth-order valence-electron chi connectivity index (χ4n) is 2.05. The lowest BCUT2D eigenvalue weighted by Crippen LogP contribution is -2.13. The first-order chi connectivity index (χ1) is 10.6. The number of nitrogens with one attached hydrogen (secondary N) is 1. The Balaban J connectivity index is 1.81. The molecule has 3 rings (SSSR count). The number of hydrogen-bond donors (Lipinski definition) is 2. The van der Waals surface area contributed by atoms with E-state index in [1.165, 1.54) is 12.1 Å². The average molecular weight is 337 g/mol.